The maximum absolute atomic E-state index is 3.91. The fourth-order valence-corrected chi connectivity index (χ4v) is 7.37. The first-order valence-corrected chi connectivity index (χ1v) is 12.6. The predicted octanol–water partition coefficient (Wildman–Crippen LogP) is 5.86. The van der Waals surface area contributed by atoms with Gasteiger partial charge in [0.2, 0.25) is 0 Å². The molecule has 0 heterocycles. The van der Waals surface area contributed by atoms with Gasteiger partial charge < -0.3 is 0 Å². The van der Waals surface area contributed by atoms with E-state index in [1.807, 2.05) is 0 Å². The van der Waals surface area contributed by atoms with E-state index in [1.54, 1.807) is 14.4 Å². The Labute approximate surface area is 178 Å². The minimum absolute atomic E-state index is 0.189. The predicted molar refractivity (Wildman–Crippen MR) is 115 cm³/mol. The molecule has 1 N–H and O–H groups in total. The second-order valence-corrected chi connectivity index (χ2v) is 13.5. The van der Waals surface area contributed by atoms with E-state index in [9.17, 15) is 0 Å². The summed E-state index contributed by atoms with van der Waals surface area (Å²) in [5, 5.41) is 0. The van der Waals surface area contributed by atoms with Crippen molar-refractivity contribution < 1.29 is 23.5 Å². The van der Waals surface area contributed by atoms with Crippen LogP contribution >= 0.6 is 0 Å². The van der Waals surface area contributed by atoms with Gasteiger partial charge in [-0.05, 0) is 0 Å². The molecule has 0 aromatic heterocycles. The van der Waals surface area contributed by atoms with Gasteiger partial charge in [-0.15, -0.1) is 0 Å². The van der Waals surface area contributed by atoms with Crippen LogP contribution in [0.1, 0.15) is 84.6 Å². The van der Waals surface area contributed by atoms with Gasteiger partial charge in [-0.3, -0.25) is 0 Å². The van der Waals surface area contributed by atoms with Gasteiger partial charge in [-0.1, -0.05) is 0 Å². The molecular formula is C25H35NZr. The van der Waals surface area contributed by atoms with E-state index in [0.29, 0.717) is 0 Å². The van der Waals surface area contributed by atoms with Gasteiger partial charge >= 0.3 is 179 Å². The summed E-state index contributed by atoms with van der Waals surface area (Å²) >= 11 is -0.879. The van der Waals surface area contributed by atoms with E-state index in [1.165, 1.54) is 22.3 Å². The Bertz CT molecular complexity index is 858. The van der Waals surface area contributed by atoms with Crippen molar-refractivity contribution in [2.45, 2.75) is 85.1 Å². The Morgan fingerprint density at radius 1 is 0.778 bits per heavy atom. The Kier molecular flexibility index (Phi) is 5.41. The monoisotopic (exact) mass is 439 g/mol. The van der Waals surface area contributed by atoms with Crippen molar-refractivity contribution >= 4 is 3.27 Å². The van der Waals surface area contributed by atoms with Crippen LogP contribution in [-0.4, -0.2) is 5.54 Å². The Hall–Kier alpha value is -0.717. The molecule has 0 spiro atoms. The molecule has 0 atom stereocenters. The summed E-state index contributed by atoms with van der Waals surface area (Å²) in [5.74, 6) is 0. The van der Waals surface area contributed by atoms with Gasteiger partial charge in [0.25, 0.3) is 0 Å². The SMILES string of the molecule is CC(C)(C)[NH][Zr][c]1c(C(C)(C)C)ccc2c1Cc1cc(C(C)(C)C)ccc1-2. The summed E-state index contributed by atoms with van der Waals surface area (Å²) < 4.78 is 5.59. The number of benzene rings is 2. The van der Waals surface area contributed by atoms with Crippen LogP contribution in [0.25, 0.3) is 11.1 Å². The van der Waals surface area contributed by atoms with Crippen molar-refractivity contribution in [2.75, 3.05) is 0 Å². The fraction of sp³-hybridized carbons (Fsp3) is 0.520. The van der Waals surface area contributed by atoms with Crippen LogP contribution < -0.4 is 6.53 Å². The number of hydrogen-bond acceptors (Lipinski definition) is 1. The van der Waals surface area contributed by atoms with Crippen LogP contribution in [0.2, 0.25) is 0 Å². The van der Waals surface area contributed by atoms with Gasteiger partial charge in [-0.25, -0.2) is 0 Å². The number of nitrogens with one attached hydrogen (secondary N) is 1. The van der Waals surface area contributed by atoms with Crippen LogP contribution in [0.3, 0.4) is 0 Å². The van der Waals surface area contributed by atoms with Crippen molar-refractivity contribution in [1.29, 1.82) is 0 Å². The first-order chi connectivity index (χ1) is 12.3. The molecule has 0 bridgehead atoms. The van der Waals surface area contributed by atoms with E-state index in [-0.39, 0.29) is 16.4 Å². The molecule has 0 saturated carbocycles. The number of rotatable bonds is 2. The van der Waals surface area contributed by atoms with Gasteiger partial charge in [0.1, 0.15) is 0 Å². The molecule has 2 aromatic rings. The average Bonchev–Trinajstić information content (AvgIpc) is 2.87. The van der Waals surface area contributed by atoms with Crippen LogP contribution in [0.5, 0.6) is 0 Å². The molecule has 1 aliphatic carbocycles. The zero-order valence-electron chi connectivity index (χ0n) is 18.6. The fourth-order valence-electron chi connectivity index (χ4n) is 3.76. The zero-order valence-corrected chi connectivity index (χ0v) is 21.1. The third kappa shape index (κ3) is 4.48. The third-order valence-electron chi connectivity index (χ3n) is 5.31. The van der Waals surface area contributed by atoms with Gasteiger partial charge in [-0.2, -0.15) is 0 Å². The van der Waals surface area contributed by atoms with Gasteiger partial charge in [0, 0.05) is 0 Å². The molecular weight excluding hydrogens is 406 g/mol. The zero-order chi connectivity index (χ0) is 20.2. The third-order valence-corrected chi connectivity index (χ3v) is 9.48. The van der Waals surface area contributed by atoms with E-state index >= 15 is 0 Å². The van der Waals surface area contributed by atoms with Gasteiger partial charge in [0.15, 0.2) is 0 Å². The van der Waals surface area contributed by atoms with E-state index in [4.69, 9.17) is 0 Å². The minimum atomic E-state index is -0.879. The maximum atomic E-state index is 3.91. The molecule has 0 unspecified atom stereocenters. The molecule has 1 aliphatic rings. The topological polar surface area (TPSA) is 12.0 Å². The molecule has 0 radical (unpaired) electrons. The van der Waals surface area contributed by atoms with E-state index in [0.717, 1.165) is 6.42 Å². The second-order valence-electron chi connectivity index (χ2n) is 11.1. The average molecular weight is 441 g/mol. The standard InChI is InChI=1S/C21H25.C4H10N.Zr/c1-20(2,3)16-7-9-18-14(12-16)11-15-13-17(21(4,5)6)8-10-19(15)18;1-4(2,3)5;/h7-10,12H,11H2,1-6H3;5H,1-3H3;/q;-1;+1. The summed E-state index contributed by atoms with van der Waals surface area (Å²) in [6.45, 7) is 20.9. The Morgan fingerprint density at radius 2 is 1.41 bits per heavy atom. The molecule has 27 heavy (non-hydrogen) atoms. The molecule has 0 amide bonds. The molecule has 3 rings (SSSR count). The van der Waals surface area contributed by atoms with Crippen molar-refractivity contribution in [3.05, 3.63) is 52.6 Å². The summed E-state index contributed by atoms with van der Waals surface area (Å²) in [5.41, 5.74) is 9.62. The molecule has 0 aliphatic heterocycles. The first kappa shape index (κ1) is 21.0. The normalized spacial score (nSPS) is 14.1. The molecule has 2 heteroatoms. The molecule has 0 fully saturated rings. The van der Waals surface area contributed by atoms with Crippen LogP contribution in [-0.2, 0) is 40.8 Å². The van der Waals surface area contributed by atoms with Crippen LogP contribution in [0.4, 0.5) is 0 Å². The summed E-state index contributed by atoms with van der Waals surface area (Å²) in [6, 6.07) is 12.0. The van der Waals surface area contributed by atoms with E-state index in [2.05, 4.69) is 95.9 Å². The number of hydrogen-bond donors (Lipinski definition) is 1. The Morgan fingerprint density at radius 3 is 1.96 bits per heavy atom. The van der Waals surface area contributed by atoms with Crippen molar-refractivity contribution in [2.24, 2.45) is 0 Å². The van der Waals surface area contributed by atoms with Gasteiger partial charge in [0.05, 0.1) is 0 Å². The molecule has 1 nitrogen and oxygen atoms in total. The first-order valence-electron chi connectivity index (χ1n) is 10.1. The number of fused-ring (bicyclic) bond motifs is 3. The van der Waals surface area contributed by atoms with Crippen molar-refractivity contribution in [3.63, 3.8) is 0 Å². The van der Waals surface area contributed by atoms with E-state index < -0.39 is 23.5 Å². The summed E-state index contributed by atoms with van der Waals surface area (Å²) in [6.07, 6.45) is 1.10. The molecule has 0 saturated heterocycles. The van der Waals surface area contributed by atoms with Crippen molar-refractivity contribution in [1.82, 2.24) is 3.26 Å². The molecule has 2 aromatic carbocycles. The second kappa shape index (κ2) is 6.96. The summed E-state index contributed by atoms with van der Waals surface area (Å²) in [4.78, 5) is 0. The Balaban J connectivity index is 2.10. The van der Waals surface area contributed by atoms with Crippen LogP contribution in [0.15, 0.2) is 30.3 Å². The van der Waals surface area contributed by atoms with Crippen LogP contribution in [0, 0.1) is 0 Å². The molecule has 144 valence electrons. The summed E-state index contributed by atoms with van der Waals surface area (Å²) in [7, 11) is 0. The van der Waals surface area contributed by atoms with Crippen molar-refractivity contribution in [3.8, 4) is 11.1 Å². The quantitative estimate of drug-likeness (QED) is 0.526.